The highest BCUT2D eigenvalue weighted by Gasteiger charge is 2.51. The SMILES string of the molecule is CCCCCC/C=C\C/C=C\CCCCCCCC(=O)NC(COC1OC(CO)C(OC2OC(CO)C(O)C(O)C2O)C(O)C1O)C(O)CCCCCCCCCCCCCCCCCCCCCCCCC. The Labute approximate surface area is 443 Å². The molecule has 9 N–H and O–H groups in total. The zero-order valence-electron chi connectivity index (χ0n) is 46.1. The number of rotatable bonds is 48. The van der Waals surface area contributed by atoms with Crippen LogP contribution in [-0.4, -0.2) is 140 Å². The number of nitrogens with one attached hydrogen (secondary N) is 1. The second-order valence-electron chi connectivity index (χ2n) is 21.5. The minimum absolute atomic E-state index is 0.218. The van der Waals surface area contributed by atoms with Crippen molar-refractivity contribution in [3.8, 4) is 0 Å². The Kier molecular flexibility index (Phi) is 42.1. The van der Waals surface area contributed by atoms with Crippen molar-refractivity contribution in [2.45, 2.75) is 325 Å². The van der Waals surface area contributed by atoms with Crippen LogP contribution in [0.2, 0.25) is 0 Å². The van der Waals surface area contributed by atoms with Crippen molar-refractivity contribution < 1.29 is 64.6 Å². The van der Waals surface area contributed by atoms with E-state index in [2.05, 4.69) is 43.5 Å². The van der Waals surface area contributed by atoms with Gasteiger partial charge in [0.15, 0.2) is 12.6 Å². The number of hydrogen-bond donors (Lipinski definition) is 9. The molecule has 2 fully saturated rings. The average Bonchev–Trinajstić information content (AvgIpc) is 3.39. The zero-order valence-corrected chi connectivity index (χ0v) is 46.1. The van der Waals surface area contributed by atoms with E-state index >= 15 is 0 Å². The molecule has 0 radical (unpaired) electrons. The molecule has 73 heavy (non-hydrogen) atoms. The molecule has 2 aliphatic rings. The van der Waals surface area contributed by atoms with Gasteiger partial charge in [0, 0.05) is 6.42 Å². The summed E-state index contributed by atoms with van der Waals surface area (Å²) in [6.45, 7) is 2.85. The van der Waals surface area contributed by atoms with Crippen LogP contribution in [0.3, 0.4) is 0 Å². The lowest BCUT2D eigenvalue weighted by atomic mass is 9.97. The molecule has 12 atom stereocenters. The fourth-order valence-corrected chi connectivity index (χ4v) is 10.0. The molecule has 0 bridgehead atoms. The second kappa shape index (κ2) is 45.5. The van der Waals surface area contributed by atoms with Gasteiger partial charge in [0.25, 0.3) is 0 Å². The molecule has 2 rings (SSSR count). The third-order valence-corrected chi connectivity index (χ3v) is 14.9. The summed E-state index contributed by atoms with van der Waals surface area (Å²) in [7, 11) is 0. The van der Waals surface area contributed by atoms with Crippen LogP contribution in [-0.2, 0) is 23.7 Å². The number of carbonyl (C=O) groups excluding carboxylic acids is 1. The molecule has 0 spiro atoms. The summed E-state index contributed by atoms with van der Waals surface area (Å²) < 4.78 is 22.8. The molecule has 2 aliphatic heterocycles. The van der Waals surface area contributed by atoms with E-state index in [1.54, 1.807) is 0 Å². The van der Waals surface area contributed by atoms with Crippen molar-refractivity contribution in [1.82, 2.24) is 5.32 Å². The summed E-state index contributed by atoms with van der Waals surface area (Å²) in [6.07, 6.45) is 36.0. The first-order valence-corrected chi connectivity index (χ1v) is 30.1. The third-order valence-electron chi connectivity index (χ3n) is 14.9. The molecular formula is C59H111NO13. The number of aliphatic hydroxyl groups excluding tert-OH is 8. The van der Waals surface area contributed by atoms with Crippen LogP contribution < -0.4 is 5.32 Å². The summed E-state index contributed by atoms with van der Waals surface area (Å²) in [6, 6.07) is -0.835. The third kappa shape index (κ3) is 31.5. The Balaban J connectivity index is 1.75. The van der Waals surface area contributed by atoms with Crippen molar-refractivity contribution in [2.24, 2.45) is 0 Å². The predicted octanol–water partition coefficient (Wildman–Crippen LogP) is 10.1. The molecular weight excluding hydrogens is 931 g/mol. The fraction of sp³-hybridized carbons (Fsp3) is 0.915. The number of carbonyl (C=O) groups is 1. The first kappa shape index (κ1) is 67.6. The van der Waals surface area contributed by atoms with Gasteiger partial charge in [0.2, 0.25) is 5.91 Å². The lowest BCUT2D eigenvalue weighted by Crippen LogP contribution is -2.65. The monoisotopic (exact) mass is 1040 g/mol. The summed E-state index contributed by atoms with van der Waals surface area (Å²) in [5.74, 6) is -0.218. The maximum atomic E-state index is 13.3. The topological polar surface area (TPSA) is 228 Å². The van der Waals surface area contributed by atoms with Gasteiger partial charge in [-0.3, -0.25) is 4.79 Å². The Bertz CT molecular complexity index is 1320. The second-order valence-corrected chi connectivity index (χ2v) is 21.5. The first-order chi connectivity index (χ1) is 35.6. The van der Waals surface area contributed by atoms with E-state index in [1.165, 1.54) is 148 Å². The van der Waals surface area contributed by atoms with Crippen LogP contribution in [0.4, 0.5) is 0 Å². The summed E-state index contributed by atoms with van der Waals surface area (Å²) in [4.78, 5) is 13.3. The van der Waals surface area contributed by atoms with Crippen molar-refractivity contribution >= 4 is 5.91 Å². The van der Waals surface area contributed by atoms with E-state index in [4.69, 9.17) is 18.9 Å². The number of aliphatic hydroxyl groups is 8. The molecule has 0 saturated carbocycles. The lowest BCUT2D eigenvalue weighted by Gasteiger charge is -2.46. The largest absolute Gasteiger partial charge is 0.394 e. The molecule has 12 unspecified atom stereocenters. The van der Waals surface area contributed by atoms with E-state index in [0.29, 0.717) is 12.8 Å². The molecule has 14 heteroatoms. The first-order valence-electron chi connectivity index (χ1n) is 30.1. The average molecular weight is 1040 g/mol. The van der Waals surface area contributed by atoms with Crippen LogP contribution in [0, 0.1) is 0 Å². The highest BCUT2D eigenvalue weighted by molar-refractivity contribution is 5.76. The van der Waals surface area contributed by atoms with E-state index in [9.17, 15) is 45.6 Å². The molecule has 2 heterocycles. The molecule has 1 amide bonds. The molecule has 2 saturated heterocycles. The maximum absolute atomic E-state index is 13.3. The van der Waals surface area contributed by atoms with Crippen LogP contribution in [0.25, 0.3) is 0 Å². The van der Waals surface area contributed by atoms with E-state index in [1.807, 2.05) is 0 Å². The van der Waals surface area contributed by atoms with Crippen molar-refractivity contribution in [3.63, 3.8) is 0 Å². The van der Waals surface area contributed by atoms with Gasteiger partial charge in [-0.25, -0.2) is 0 Å². The van der Waals surface area contributed by atoms with Gasteiger partial charge in [-0.2, -0.15) is 0 Å². The molecule has 0 aromatic carbocycles. The van der Waals surface area contributed by atoms with Crippen molar-refractivity contribution in [2.75, 3.05) is 19.8 Å². The standard InChI is InChI=1S/C59H111NO13/c1-3-5-7-9-11-13-15-17-19-21-22-23-24-25-26-27-28-30-32-34-36-38-40-42-48(63)47(60-51(64)43-41-39-37-35-33-31-29-20-18-16-14-12-10-8-6-4-2)46-70-58-56(69)54(67)57(50(45-62)72-58)73-59-55(68)53(66)52(65)49(44-61)71-59/h14,16,20,29,47-50,52-59,61-63,65-69H,3-13,15,17-19,21-28,30-46H2,1-2H3,(H,60,64)/b16-14-,29-20-. The van der Waals surface area contributed by atoms with Crippen LogP contribution in [0.5, 0.6) is 0 Å². The summed E-state index contributed by atoms with van der Waals surface area (Å²) >= 11 is 0. The number of hydrogen-bond acceptors (Lipinski definition) is 13. The molecule has 0 aliphatic carbocycles. The van der Waals surface area contributed by atoms with Crippen molar-refractivity contribution in [1.29, 1.82) is 0 Å². The van der Waals surface area contributed by atoms with Gasteiger partial charge < -0.3 is 65.1 Å². The Morgan fingerprint density at radius 1 is 0.493 bits per heavy atom. The van der Waals surface area contributed by atoms with Gasteiger partial charge in [0.1, 0.15) is 48.8 Å². The molecule has 0 aromatic heterocycles. The number of allylic oxidation sites excluding steroid dienone is 4. The van der Waals surface area contributed by atoms with Gasteiger partial charge >= 0.3 is 0 Å². The zero-order chi connectivity index (χ0) is 53.2. The summed E-state index contributed by atoms with van der Waals surface area (Å²) in [5.41, 5.74) is 0. The minimum Gasteiger partial charge on any atom is -0.394 e. The highest BCUT2D eigenvalue weighted by atomic mass is 16.7. The number of unbranched alkanes of at least 4 members (excludes halogenated alkanes) is 31. The normalized spacial score (nSPS) is 25.5. The van der Waals surface area contributed by atoms with Crippen LogP contribution in [0.1, 0.15) is 251 Å². The molecule has 0 aromatic rings. The summed E-state index contributed by atoms with van der Waals surface area (Å²) in [5, 5.41) is 87.2. The van der Waals surface area contributed by atoms with Crippen LogP contribution in [0.15, 0.2) is 24.3 Å². The molecule has 430 valence electrons. The fourth-order valence-electron chi connectivity index (χ4n) is 10.0. The van der Waals surface area contributed by atoms with Gasteiger partial charge in [-0.15, -0.1) is 0 Å². The maximum Gasteiger partial charge on any atom is 0.220 e. The predicted molar refractivity (Wildman–Crippen MR) is 291 cm³/mol. The van der Waals surface area contributed by atoms with Crippen LogP contribution >= 0.6 is 0 Å². The highest BCUT2D eigenvalue weighted by Crippen LogP contribution is 2.30. The van der Waals surface area contributed by atoms with Gasteiger partial charge in [-0.1, -0.05) is 224 Å². The smallest absolute Gasteiger partial charge is 0.220 e. The molecule has 14 nitrogen and oxygen atoms in total. The van der Waals surface area contributed by atoms with Crippen molar-refractivity contribution in [3.05, 3.63) is 24.3 Å². The number of ether oxygens (including phenoxy) is 4. The van der Waals surface area contributed by atoms with E-state index in [0.717, 1.165) is 70.6 Å². The van der Waals surface area contributed by atoms with Gasteiger partial charge in [-0.05, 0) is 44.9 Å². The Morgan fingerprint density at radius 3 is 1.38 bits per heavy atom. The Morgan fingerprint density at radius 2 is 0.904 bits per heavy atom. The lowest BCUT2D eigenvalue weighted by molar-refractivity contribution is -0.359. The number of amides is 1. The van der Waals surface area contributed by atoms with E-state index < -0.39 is 86.8 Å². The van der Waals surface area contributed by atoms with Gasteiger partial charge in [0.05, 0.1) is 32.0 Å². The quantitative estimate of drug-likeness (QED) is 0.0204. The Hall–Kier alpha value is -1.53. The minimum atomic E-state index is -1.78. The van der Waals surface area contributed by atoms with E-state index in [-0.39, 0.29) is 18.9 Å².